The van der Waals surface area contributed by atoms with Gasteiger partial charge in [0.1, 0.15) is 17.0 Å². The Kier molecular flexibility index (Phi) is 4.95. The van der Waals surface area contributed by atoms with Gasteiger partial charge in [0.15, 0.2) is 0 Å². The lowest BCUT2D eigenvalue weighted by Crippen LogP contribution is -2.55. The molecule has 1 amide bonds. The van der Waals surface area contributed by atoms with Gasteiger partial charge in [-0.3, -0.25) is 9.78 Å². The summed E-state index contributed by atoms with van der Waals surface area (Å²) in [7, 11) is 0. The third-order valence-electron chi connectivity index (χ3n) is 3.71. The van der Waals surface area contributed by atoms with E-state index in [0.29, 0.717) is 5.56 Å². The number of amides is 1. The summed E-state index contributed by atoms with van der Waals surface area (Å²) >= 11 is 0. The lowest BCUT2D eigenvalue weighted by molar-refractivity contribution is -0.144. The van der Waals surface area contributed by atoms with Crippen molar-refractivity contribution in [3.8, 4) is 5.75 Å². The van der Waals surface area contributed by atoms with Gasteiger partial charge >= 0.3 is 5.97 Å². The molecule has 1 aromatic carbocycles. The number of phenolic OH excluding ortho intramolecular Hbond substituents is 1. The van der Waals surface area contributed by atoms with Crippen LogP contribution in [0.5, 0.6) is 5.75 Å². The number of aromatic hydroxyl groups is 1. The second-order valence-corrected chi connectivity index (χ2v) is 5.25. The minimum Gasteiger partial charge on any atom is -0.508 e. The second-order valence-electron chi connectivity index (χ2n) is 5.25. The van der Waals surface area contributed by atoms with E-state index in [4.69, 9.17) is 0 Å². The number of carbonyl (C=O) groups is 2. The summed E-state index contributed by atoms with van der Waals surface area (Å²) in [6.07, 6.45) is 1.79. The summed E-state index contributed by atoms with van der Waals surface area (Å²) in [6.45, 7) is 1.70. The number of phenols is 1. The number of carbonyl (C=O) groups excluding carboxylic acids is 1. The molecule has 2 aromatic rings. The molecular weight excluding hydrogens is 296 g/mol. The SMILES string of the molecule is CCC(Cc1ccc(O)cc1)(NC(=O)c1ccccn1)C(=O)O. The van der Waals surface area contributed by atoms with Crippen molar-refractivity contribution in [1.82, 2.24) is 10.3 Å². The number of carboxylic acid groups (broad SMARTS) is 1. The van der Waals surface area contributed by atoms with Gasteiger partial charge in [-0.2, -0.15) is 0 Å². The van der Waals surface area contributed by atoms with Crippen molar-refractivity contribution in [2.45, 2.75) is 25.3 Å². The first kappa shape index (κ1) is 16.5. The maximum Gasteiger partial charge on any atom is 0.329 e. The van der Waals surface area contributed by atoms with Crippen molar-refractivity contribution in [3.05, 3.63) is 59.9 Å². The molecule has 23 heavy (non-hydrogen) atoms. The fraction of sp³-hybridized carbons (Fsp3) is 0.235. The van der Waals surface area contributed by atoms with Crippen LogP contribution in [0.2, 0.25) is 0 Å². The highest BCUT2D eigenvalue weighted by atomic mass is 16.4. The van der Waals surface area contributed by atoms with Crippen molar-refractivity contribution in [2.75, 3.05) is 0 Å². The van der Waals surface area contributed by atoms with E-state index >= 15 is 0 Å². The van der Waals surface area contributed by atoms with Crippen LogP contribution in [0.3, 0.4) is 0 Å². The Morgan fingerprint density at radius 1 is 1.17 bits per heavy atom. The van der Waals surface area contributed by atoms with E-state index in [0.717, 1.165) is 0 Å². The van der Waals surface area contributed by atoms with E-state index in [2.05, 4.69) is 10.3 Å². The van der Waals surface area contributed by atoms with Crippen molar-refractivity contribution < 1.29 is 19.8 Å². The van der Waals surface area contributed by atoms with Gasteiger partial charge in [-0.15, -0.1) is 0 Å². The molecule has 0 radical (unpaired) electrons. The zero-order valence-corrected chi connectivity index (χ0v) is 12.7. The fourth-order valence-electron chi connectivity index (χ4n) is 2.28. The molecule has 1 heterocycles. The van der Waals surface area contributed by atoms with Crippen LogP contribution < -0.4 is 5.32 Å². The molecule has 0 saturated heterocycles. The molecule has 0 aliphatic carbocycles. The monoisotopic (exact) mass is 314 g/mol. The minimum absolute atomic E-state index is 0.101. The topological polar surface area (TPSA) is 99.5 Å². The van der Waals surface area contributed by atoms with Crippen molar-refractivity contribution >= 4 is 11.9 Å². The van der Waals surface area contributed by atoms with Crippen LogP contribution in [0.4, 0.5) is 0 Å². The number of nitrogens with zero attached hydrogens (tertiary/aromatic N) is 1. The molecular formula is C17H18N2O4. The third kappa shape index (κ3) is 3.85. The number of pyridine rings is 1. The van der Waals surface area contributed by atoms with Crippen LogP contribution in [0.15, 0.2) is 48.7 Å². The van der Waals surface area contributed by atoms with Crippen molar-refractivity contribution in [2.24, 2.45) is 0 Å². The molecule has 6 nitrogen and oxygen atoms in total. The predicted molar refractivity (Wildman–Crippen MR) is 84.2 cm³/mol. The Morgan fingerprint density at radius 3 is 2.39 bits per heavy atom. The zero-order valence-electron chi connectivity index (χ0n) is 12.7. The van der Waals surface area contributed by atoms with Gasteiger partial charge in [0, 0.05) is 12.6 Å². The summed E-state index contributed by atoms with van der Waals surface area (Å²) < 4.78 is 0. The van der Waals surface area contributed by atoms with Gasteiger partial charge in [-0.25, -0.2) is 4.79 Å². The smallest absolute Gasteiger partial charge is 0.329 e. The van der Waals surface area contributed by atoms with Gasteiger partial charge in [-0.1, -0.05) is 25.1 Å². The molecule has 0 aliphatic heterocycles. The Morgan fingerprint density at radius 2 is 1.87 bits per heavy atom. The number of rotatable bonds is 6. The first-order valence-electron chi connectivity index (χ1n) is 7.22. The van der Waals surface area contributed by atoms with Crippen LogP contribution in [-0.2, 0) is 11.2 Å². The van der Waals surface area contributed by atoms with Crippen LogP contribution in [0, 0.1) is 0 Å². The quantitative estimate of drug-likeness (QED) is 0.757. The van der Waals surface area contributed by atoms with E-state index < -0.39 is 17.4 Å². The first-order valence-corrected chi connectivity index (χ1v) is 7.22. The largest absolute Gasteiger partial charge is 0.508 e. The predicted octanol–water partition coefficient (Wildman–Crippen LogP) is 1.99. The summed E-state index contributed by atoms with van der Waals surface area (Å²) in [4.78, 5) is 28.0. The van der Waals surface area contributed by atoms with E-state index in [1.54, 1.807) is 31.2 Å². The molecule has 120 valence electrons. The fourth-order valence-corrected chi connectivity index (χ4v) is 2.28. The van der Waals surface area contributed by atoms with Crippen molar-refractivity contribution in [1.29, 1.82) is 0 Å². The summed E-state index contributed by atoms with van der Waals surface area (Å²) in [6, 6.07) is 11.1. The maximum atomic E-state index is 12.3. The van der Waals surface area contributed by atoms with Gasteiger partial charge in [0.2, 0.25) is 0 Å². The van der Waals surface area contributed by atoms with Crippen LogP contribution in [0.1, 0.15) is 29.4 Å². The standard InChI is InChI=1S/C17H18N2O4/c1-2-17(16(22)23,11-12-6-8-13(20)9-7-12)19-15(21)14-5-3-4-10-18-14/h3-10,20H,2,11H2,1H3,(H,19,21)(H,22,23). The molecule has 2 rings (SSSR count). The zero-order chi connectivity index (χ0) is 16.9. The van der Waals surface area contributed by atoms with E-state index in [9.17, 15) is 19.8 Å². The average Bonchev–Trinajstić information content (AvgIpc) is 2.56. The number of hydrogen-bond acceptors (Lipinski definition) is 4. The molecule has 0 saturated carbocycles. The van der Waals surface area contributed by atoms with Gasteiger partial charge in [0.25, 0.3) is 5.91 Å². The molecule has 1 atom stereocenters. The Bertz CT molecular complexity index is 685. The van der Waals surface area contributed by atoms with Gasteiger partial charge in [0.05, 0.1) is 0 Å². The normalized spacial score (nSPS) is 13.1. The molecule has 0 spiro atoms. The molecule has 3 N–H and O–H groups in total. The minimum atomic E-state index is -1.44. The number of benzene rings is 1. The Hall–Kier alpha value is -2.89. The highest BCUT2D eigenvalue weighted by Crippen LogP contribution is 2.20. The lowest BCUT2D eigenvalue weighted by Gasteiger charge is -2.29. The van der Waals surface area contributed by atoms with Crippen LogP contribution in [0.25, 0.3) is 0 Å². The summed E-state index contributed by atoms with van der Waals surface area (Å²) in [5, 5.41) is 21.6. The molecule has 1 unspecified atom stereocenters. The number of aliphatic carboxylic acids is 1. The number of nitrogens with one attached hydrogen (secondary N) is 1. The summed E-state index contributed by atoms with van der Waals surface area (Å²) in [5.41, 5.74) is -0.573. The summed E-state index contributed by atoms with van der Waals surface area (Å²) in [5.74, 6) is -1.55. The Labute approximate surface area is 133 Å². The maximum absolute atomic E-state index is 12.3. The number of carboxylic acids is 1. The van der Waals surface area contributed by atoms with Crippen LogP contribution in [-0.4, -0.2) is 32.6 Å². The van der Waals surface area contributed by atoms with Gasteiger partial charge < -0.3 is 15.5 Å². The average molecular weight is 314 g/mol. The molecule has 0 bridgehead atoms. The van der Waals surface area contributed by atoms with Gasteiger partial charge in [-0.05, 0) is 36.2 Å². The van der Waals surface area contributed by atoms with Crippen LogP contribution >= 0.6 is 0 Å². The lowest BCUT2D eigenvalue weighted by atomic mass is 9.88. The van der Waals surface area contributed by atoms with E-state index in [-0.39, 0.29) is 24.3 Å². The molecule has 0 aliphatic rings. The molecule has 6 heteroatoms. The van der Waals surface area contributed by atoms with E-state index in [1.807, 2.05) is 0 Å². The van der Waals surface area contributed by atoms with E-state index in [1.165, 1.54) is 24.4 Å². The number of aromatic nitrogens is 1. The van der Waals surface area contributed by atoms with Crippen molar-refractivity contribution in [3.63, 3.8) is 0 Å². The molecule has 0 fully saturated rings. The number of hydrogen-bond donors (Lipinski definition) is 3. The highest BCUT2D eigenvalue weighted by molar-refractivity contribution is 5.96. The highest BCUT2D eigenvalue weighted by Gasteiger charge is 2.38. The molecule has 1 aromatic heterocycles. The third-order valence-corrected chi connectivity index (χ3v) is 3.71. The second kappa shape index (κ2) is 6.91. The first-order chi connectivity index (χ1) is 11.0. The Balaban J connectivity index is 2.26.